The largest absolute Gasteiger partial charge is 0.372 e. The number of nitrogens with zero attached hydrogens (tertiary/aromatic N) is 7. The van der Waals surface area contributed by atoms with Crippen LogP contribution in [-0.4, -0.2) is 44.3 Å². The summed E-state index contributed by atoms with van der Waals surface area (Å²) in [6.45, 7) is 10.0. The minimum absolute atomic E-state index is 0.0428. The molecular weight excluding hydrogens is 394 g/mol. The molecule has 0 amide bonds. The summed E-state index contributed by atoms with van der Waals surface area (Å²) in [5.74, 6) is 0.790. The van der Waals surface area contributed by atoms with E-state index in [1.54, 1.807) is 18.2 Å². The van der Waals surface area contributed by atoms with Crippen LogP contribution in [0.15, 0.2) is 52.6 Å². The van der Waals surface area contributed by atoms with Gasteiger partial charge in [0, 0.05) is 24.8 Å². The summed E-state index contributed by atoms with van der Waals surface area (Å²) < 4.78 is 1.52. The Balaban J connectivity index is 1.75. The highest BCUT2D eigenvalue weighted by Gasteiger charge is 2.29. The number of rotatable bonds is 6. The van der Waals surface area contributed by atoms with E-state index in [1.807, 2.05) is 19.9 Å². The molecule has 1 aromatic heterocycles. The van der Waals surface area contributed by atoms with Gasteiger partial charge in [-0.05, 0) is 57.5 Å². The Kier molecular flexibility index (Phi) is 5.33. The predicted octanol–water partition coefficient (Wildman–Crippen LogP) is 4.37. The van der Waals surface area contributed by atoms with E-state index in [1.165, 1.54) is 10.7 Å². The average Bonchev–Trinajstić information content (AvgIpc) is 3.29. The number of para-hydroxylation sites is 1. The Morgan fingerprint density at radius 1 is 1.06 bits per heavy atom. The van der Waals surface area contributed by atoms with Crippen LogP contribution in [0.3, 0.4) is 0 Å². The molecule has 3 aromatic rings. The van der Waals surface area contributed by atoms with Crippen molar-refractivity contribution in [2.75, 3.05) is 18.0 Å². The molecule has 0 N–H and O–H groups in total. The zero-order chi connectivity index (χ0) is 22.1. The molecule has 1 aliphatic heterocycles. The summed E-state index contributed by atoms with van der Waals surface area (Å²) >= 11 is 0. The lowest BCUT2D eigenvalue weighted by atomic mass is 10.1. The molecule has 9 nitrogen and oxygen atoms in total. The summed E-state index contributed by atoms with van der Waals surface area (Å²) in [4.78, 5) is 18.1. The molecule has 2 aromatic carbocycles. The fraction of sp³-hybridized carbons (Fsp3) is 0.273. The number of aromatic nitrogens is 3. The summed E-state index contributed by atoms with van der Waals surface area (Å²) in [5, 5.41) is 24.4. The van der Waals surface area contributed by atoms with Crippen molar-refractivity contribution in [2.45, 2.75) is 27.7 Å². The van der Waals surface area contributed by atoms with Crippen LogP contribution in [0.4, 0.5) is 17.1 Å². The molecule has 0 saturated carbocycles. The van der Waals surface area contributed by atoms with E-state index < -0.39 is 4.92 Å². The van der Waals surface area contributed by atoms with Gasteiger partial charge in [-0.15, -0.1) is 10.2 Å². The molecule has 4 rings (SSSR count). The minimum atomic E-state index is -0.432. The molecule has 0 bridgehead atoms. The second-order valence-electron chi connectivity index (χ2n) is 7.22. The van der Waals surface area contributed by atoms with Crippen molar-refractivity contribution >= 4 is 28.5 Å². The Morgan fingerprint density at radius 3 is 2.45 bits per heavy atom. The number of anilines is 1. The van der Waals surface area contributed by atoms with E-state index in [4.69, 9.17) is 4.99 Å². The van der Waals surface area contributed by atoms with E-state index in [-0.39, 0.29) is 5.69 Å². The van der Waals surface area contributed by atoms with Crippen LogP contribution in [-0.2, 0) is 0 Å². The third-order valence-electron chi connectivity index (χ3n) is 5.33. The Morgan fingerprint density at radius 2 is 1.77 bits per heavy atom. The first kappa shape index (κ1) is 20.4. The van der Waals surface area contributed by atoms with Crippen molar-refractivity contribution in [2.24, 2.45) is 10.1 Å². The van der Waals surface area contributed by atoms with Crippen LogP contribution in [0.5, 0.6) is 0 Å². The summed E-state index contributed by atoms with van der Waals surface area (Å²) in [5.41, 5.74) is 4.63. The fourth-order valence-corrected chi connectivity index (χ4v) is 3.67. The third kappa shape index (κ3) is 3.58. The van der Waals surface area contributed by atoms with E-state index in [0.717, 1.165) is 30.0 Å². The highest BCUT2D eigenvalue weighted by Crippen LogP contribution is 2.31. The van der Waals surface area contributed by atoms with E-state index in [9.17, 15) is 10.1 Å². The van der Waals surface area contributed by atoms with E-state index >= 15 is 0 Å². The standard InChI is InChI=1S/C22H23N7O2/c1-5-27(6-2)16-11-12-18(14(3)13-16)23-20-15(4)26-28-21(24-25-22(20)28)17-9-7-8-10-19(17)29(30)31/h7-13H,5-6H2,1-4H3. The van der Waals surface area contributed by atoms with Crippen molar-refractivity contribution < 1.29 is 4.92 Å². The van der Waals surface area contributed by atoms with Gasteiger partial charge in [-0.25, -0.2) is 4.99 Å². The predicted molar refractivity (Wildman–Crippen MR) is 122 cm³/mol. The quantitative estimate of drug-likeness (QED) is 0.438. The molecule has 0 saturated heterocycles. The summed E-state index contributed by atoms with van der Waals surface area (Å²) in [6, 6.07) is 12.6. The molecule has 0 aliphatic carbocycles. The van der Waals surface area contributed by atoms with Crippen molar-refractivity contribution in [1.29, 1.82) is 0 Å². The molecule has 0 atom stereocenters. The lowest BCUT2D eigenvalue weighted by Gasteiger charge is -2.21. The van der Waals surface area contributed by atoms with Gasteiger partial charge < -0.3 is 4.90 Å². The summed E-state index contributed by atoms with van der Waals surface area (Å²) in [7, 11) is 0. The molecule has 9 heteroatoms. The molecule has 0 unspecified atom stereocenters. The van der Waals surface area contributed by atoms with Gasteiger partial charge in [0.25, 0.3) is 5.69 Å². The van der Waals surface area contributed by atoms with Crippen LogP contribution >= 0.6 is 0 Å². The van der Waals surface area contributed by atoms with Crippen molar-refractivity contribution in [1.82, 2.24) is 14.9 Å². The molecule has 158 valence electrons. The normalized spacial score (nSPS) is 13.9. The second kappa shape index (κ2) is 8.10. The Hall–Kier alpha value is -3.88. The second-order valence-corrected chi connectivity index (χ2v) is 7.22. The molecule has 0 fully saturated rings. The molecule has 0 spiro atoms. The number of nitro groups is 1. The van der Waals surface area contributed by atoms with Crippen LogP contribution in [0, 0.1) is 17.0 Å². The van der Waals surface area contributed by atoms with Crippen molar-refractivity contribution in [3.63, 3.8) is 0 Å². The molecule has 1 aliphatic rings. The van der Waals surface area contributed by atoms with Gasteiger partial charge in [0.2, 0.25) is 5.82 Å². The Labute approximate surface area is 179 Å². The van der Waals surface area contributed by atoms with Gasteiger partial charge in [-0.3, -0.25) is 10.1 Å². The monoisotopic (exact) mass is 417 g/mol. The maximum Gasteiger partial charge on any atom is 0.280 e. The van der Waals surface area contributed by atoms with E-state index in [0.29, 0.717) is 28.6 Å². The van der Waals surface area contributed by atoms with Crippen molar-refractivity contribution in [3.05, 3.63) is 64.0 Å². The van der Waals surface area contributed by atoms with Gasteiger partial charge in [-0.2, -0.15) is 9.78 Å². The molecular formula is C22H23N7O2. The fourth-order valence-electron chi connectivity index (χ4n) is 3.67. The zero-order valence-corrected chi connectivity index (χ0v) is 17.9. The Bertz CT molecular complexity index is 1220. The minimum Gasteiger partial charge on any atom is -0.372 e. The van der Waals surface area contributed by atoms with Crippen LogP contribution in [0.25, 0.3) is 11.4 Å². The van der Waals surface area contributed by atoms with Gasteiger partial charge in [0.05, 0.1) is 21.9 Å². The number of hydrogen-bond donors (Lipinski definition) is 0. The number of aliphatic imine (C=N–C) groups is 1. The lowest BCUT2D eigenvalue weighted by molar-refractivity contribution is -0.384. The number of benzene rings is 2. The number of aryl methyl sites for hydroxylation is 1. The molecule has 0 radical (unpaired) electrons. The van der Waals surface area contributed by atoms with Crippen molar-refractivity contribution in [3.8, 4) is 11.4 Å². The zero-order valence-electron chi connectivity index (χ0n) is 17.9. The van der Waals surface area contributed by atoms with Gasteiger partial charge in [0.1, 0.15) is 5.71 Å². The van der Waals surface area contributed by atoms with Gasteiger partial charge in [0.15, 0.2) is 5.82 Å². The third-order valence-corrected chi connectivity index (χ3v) is 5.33. The maximum absolute atomic E-state index is 11.4. The lowest BCUT2D eigenvalue weighted by Crippen LogP contribution is -2.21. The van der Waals surface area contributed by atoms with Gasteiger partial charge in [-0.1, -0.05) is 12.1 Å². The van der Waals surface area contributed by atoms with E-state index in [2.05, 4.69) is 46.2 Å². The first-order valence-corrected chi connectivity index (χ1v) is 10.1. The topological polar surface area (TPSA) is 102 Å². The van der Waals surface area contributed by atoms with Gasteiger partial charge >= 0.3 is 0 Å². The highest BCUT2D eigenvalue weighted by atomic mass is 16.6. The number of fused-ring (bicyclic) bond motifs is 1. The number of nitro benzene ring substituents is 1. The summed E-state index contributed by atoms with van der Waals surface area (Å²) in [6.07, 6.45) is 0. The first-order chi connectivity index (χ1) is 14.9. The highest BCUT2D eigenvalue weighted by molar-refractivity contribution is 6.48. The number of hydrogen-bond acceptors (Lipinski definition) is 7. The van der Waals surface area contributed by atoms with Crippen LogP contribution < -0.4 is 4.90 Å². The molecule has 2 heterocycles. The van der Waals surface area contributed by atoms with Crippen LogP contribution in [0.1, 0.15) is 32.2 Å². The first-order valence-electron chi connectivity index (χ1n) is 10.1. The maximum atomic E-state index is 11.4. The smallest absolute Gasteiger partial charge is 0.280 e. The van der Waals surface area contributed by atoms with Crippen LogP contribution in [0.2, 0.25) is 0 Å². The SMILES string of the molecule is CCN(CC)c1ccc(N=C2C(C)=Nn3c2nnc3-c2ccccc2[N+](=O)[O-])c(C)c1. The molecule has 31 heavy (non-hydrogen) atoms. The average molecular weight is 417 g/mol.